The molecule has 0 bridgehead atoms. The van der Waals surface area contributed by atoms with E-state index >= 15 is 0 Å². The molecule has 1 aromatic carbocycles. The van der Waals surface area contributed by atoms with Crippen LogP contribution in [0.2, 0.25) is 0 Å². The number of fused-ring (bicyclic) bond motifs is 1. The Hall–Kier alpha value is -3.09. The predicted molar refractivity (Wildman–Crippen MR) is 88.4 cm³/mol. The van der Waals surface area contributed by atoms with Gasteiger partial charge in [0, 0.05) is 0 Å². The highest BCUT2D eigenvalue weighted by Crippen LogP contribution is 2.15. The quantitative estimate of drug-likeness (QED) is 0.668. The van der Waals surface area contributed by atoms with E-state index < -0.39 is 0 Å². The lowest BCUT2D eigenvalue weighted by atomic mass is 10.2. The third kappa shape index (κ3) is 3.29. The standard InChI is InChI=1S/C17H18N4O3/c1-10(16-20-13-5-3-4-6-14(13)21-16)19-15(22)9-18-17(23)12-7-8-24-11(12)2/h3-8,10H,9H2,1-2H3,(H,18,23)(H,19,22)(H,20,21)/t10-/m0/s1. The zero-order valence-corrected chi connectivity index (χ0v) is 13.4. The molecule has 0 aliphatic heterocycles. The molecule has 2 aromatic heterocycles. The van der Waals surface area contributed by atoms with Crippen LogP contribution >= 0.6 is 0 Å². The number of rotatable bonds is 5. The number of amides is 2. The number of furan rings is 1. The van der Waals surface area contributed by atoms with Crippen LogP contribution in [0.15, 0.2) is 41.0 Å². The Bertz CT molecular complexity index is 848. The van der Waals surface area contributed by atoms with Crippen LogP contribution in [0.5, 0.6) is 0 Å². The van der Waals surface area contributed by atoms with Gasteiger partial charge in [-0.25, -0.2) is 4.98 Å². The molecule has 24 heavy (non-hydrogen) atoms. The number of carbonyl (C=O) groups excluding carboxylic acids is 2. The van der Waals surface area contributed by atoms with Gasteiger partial charge >= 0.3 is 0 Å². The zero-order chi connectivity index (χ0) is 17.1. The fourth-order valence-corrected chi connectivity index (χ4v) is 2.41. The van der Waals surface area contributed by atoms with Crippen molar-refractivity contribution in [2.24, 2.45) is 0 Å². The van der Waals surface area contributed by atoms with Gasteiger partial charge in [0.15, 0.2) is 0 Å². The summed E-state index contributed by atoms with van der Waals surface area (Å²) in [5, 5.41) is 5.37. The van der Waals surface area contributed by atoms with Crippen molar-refractivity contribution in [2.75, 3.05) is 6.54 Å². The van der Waals surface area contributed by atoms with Crippen molar-refractivity contribution >= 4 is 22.8 Å². The summed E-state index contributed by atoms with van der Waals surface area (Å²) in [5.74, 6) is 0.551. The maximum Gasteiger partial charge on any atom is 0.255 e. The number of carbonyl (C=O) groups is 2. The number of aromatic nitrogens is 2. The molecule has 0 radical (unpaired) electrons. The first-order valence-corrected chi connectivity index (χ1v) is 7.61. The number of aromatic amines is 1. The van der Waals surface area contributed by atoms with Crippen LogP contribution in [-0.4, -0.2) is 28.3 Å². The van der Waals surface area contributed by atoms with Crippen molar-refractivity contribution in [3.05, 3.63) is 53.7 Å². The first-order chi connectivity index (χ1) is 11.5. The Labute approximate surface area is 138 Å². The molecule has 1 atom stereocenters. The van der Waals surface area contributed by atoms with Crippen LogP contribution in [0.25, 0.3) is 11.0 Å². The smallest absolute Gasteiger partial charge is 0.255 e. The lowest BCUT2D eigenvalue weighted by molar-refractivity contribution is -0.120. The van der Waals surface area contributed by atoms with Gasteiger partial charge in [-0.3, -0.25) is 9.59 Å². The fourth-order valence-electron chi connectivity index (χ4n) is 2.41. The van der Waals surface area contributed by atoms with E-state index in [2.05, 4.69) is 20.6 Å². The molecule has 0 saturated heterocycles. The fraction of sp³-hybridized carbons (Fsp3) is 0.235. The van der Waals surface area contributed by atoms with Gasteiger partial charge in [-0.05, 0) is 32.0 Å². The van der Waals surface area contributed by atoms with E-state index in [9.17, 15) is 9.59 Å². The molecule has 0 aliphatic rings. The molecule has 3 N–H and O–H groups in total. The molecule has 0 spiro atoms. The van der Waals surface area contributed by atoms with E-state index in [-0.39, 0.29) is 24.4 Å². The lowest BCUT2D eigenvalue weighted by Crippen LogP contribution is -2.38. The summed E-state index contributed by atoms with van der Waals surface area (Å²) >= 11 is 0. The number of hydrogen-bond donors (Lipinski definition) is 3. The van der Waals surface area contributed by atoms with E-state index in [0.29, 0.717) is 17.1 Å². The second kappa shape index (κ2) is 6.57. The van der Waals surface area contributed by atoms with Crippen LogP contribution in [-0.2, 0) is 4.79 Å². The van der Waals surface area contributed by atoms with Gasteiger partial charge in [0.2, 0.25) is 5.91 Å². The van der Waals surface area contributed by atoms with Crippen molar-refractivity contribution in [1.82, 2.24) is 20.6 Å². The minimum atomic E-state index is -0.340. The Morgan fingerprint density at radius 2 is 2.08 bits per heavy atom. The molecule has 3 rings (SSSR count). The molecule has 0 saturated carbocycles. The van der Waals surface area contributed by atoms with Gasteiger partial charge in [0.1, 0.15) is 11.6 Å². The summed E-state index contributed by atoms with van der Waals surface area (Å²) in [7, 11) is 0. The molecular formula is C17H18N4O3. The number of benzene rings is 1. The third-order valence-electron chi connectivity index (χ3n) is 3.71. The molecule has 0 unspecified atom stereocenters. The number of H-pyrrole nitrogens is 1. The Kier molecular flexibility index (Phi) is 4.33. The third-order valence-corrected chi connectivity index (χ3v) is 3.71. The number of imidazole rings is 1. The summed E-state index contributed by atoms with van der Waals surface area (Å²) in [6, 6.07) is 8.92. The summed E-state index contributed by atoms with van der Waals surface area (Å²) in [5.41, 5.74) is 2.18. The SMILES string of the molecule is Cc1occc1C(=O)NCC(=O)N[C@@H](C)c1nc2ccccc2[nH]1. The number of para-hydroxylation sites is 2. The van der Waals surface area contributed by atoms with Gasteiger partial charge in [-0.15, -0.1) is 0 Å². The normalized spacial score (nSPS) is 12.1. The van der Waals surface area contributed by atoms with E-state index in [0.717, 1.165) is 11.0 Å². The molecule has 7 heteroatoms. The van der Waals surface area contributed by atoms with Crippen LogP contribution in [0.3, 0.4) is 0 Å². The van der Waals surface area contributed by atoms with Crippen LogP contribution in [0.1, 0.15) is 34.9 Å². The first-order valence-electron chi connectivity index (χ1n) is 7.61. The van der Waals surface area contributed by atoms with Gasteiger partial charge in [-0.2, -0.15) is 0 Å². The maximum absolute atomic E-state index is 12.0. The van der Waals surface area contributed by atoms with Crippen molar-refractivity contribution in [2.45, 2.75) is 19.9 Å². The minimum absolute atomic E-state index is 0.117. The summed E-state index contributed by atoms with van der Waals surface area (Å²) in [4.78, 5) is 31.6. The van der Waals surface area contributed by atoms with E-state index in [1.54, 1.807) is 13.0 Å². The Morgan fingerprint density at radius 3 is 2.79 bits per heavy atom. The zero-order valence-electron chi connectivity index (χ0n) is 13.4. The number of hydrogen-bond acceptors (Lipinski definition) is 4. The molecular weight excluding hydrogens is 308 g/mol. The highest BCUT2D eigenvalue weighted by molar-refractivity contribution is 5.97. The average molecular weight is 326 g/mol. The largest absolute Gasteiger partial charge is 0.469 e. The summed E-state index contributed by atoms with van der Waals surface area (Å²) < 4.78 is 5.07. The van der Waals surface area contributed by atoms with Gasteiger partial charge < -0.3 is 20.0 Å². The maximum atomic E-state index is 12.0. The van der Waals surface area contributed by atoms with Crippen molar-refractivity contribution < 1.29 is 14.0 Å². The van der Waals surface area contributed by atoms with Crippen LogP contribution in [0, 0.1) is 6.92 Å². The van der Waals surface area contributed by atoms with Crippen molar-refractivity contribution in [3.63, 3.8) is 0 Å². The molecule has 124 valence electrons. The number of nitrogens with zero attached hydrogens (tertiary/aromatic N) is 1. The molecule has 0 aliphatic carbocycles. The van der Waals surface area contributed by atoms with E-state index in [1.165, 1.54) is 6.26 Å². The summed E-state index contributed by atoms with van der Waals surface area (Å²) in [6.07, 6.45) is 1.44. The second-order valence-electron chi connectivity index (χ2n) is 5.50. The summed E-state index contributed by atoms with van der Waals surface area (Å²) in [6.45, 7) is 3.41. The monoisotopic (exact) mass is 326 g/mol. The average Bonchev–Trinajstić information content (AvgIpc) is 3.18. The Morgan fingerprint density at radius 1 is 1.29 bits per heavy atom. The van der Waals surface area contributed by atoms with E-state index in [1.807, 2.05) is 31.2 Å². The highest BCUT2D eigenvalue weighted by atomic mass is 16.3. The first kappa shape index (κ1) is 15.8. The van der Waals surface area contributed by atoms with E-state index in [4.69, 9.17) is 4.42 Å². The van der Waals surface area contributed by atoms with Crippen LogP contribution < -0.4 is 10.6 Å². The van der Waals surface area contributed by atoms with Crippen LogP contribution in [0.4, 0.5) is 0 Å². The molecule has 7 nitrogen and oxygen atoms in total. The molecule has 2 amide bonds. The molecule has 0 fully saturated rings. The lowest BCUT2D eigenvalue weighted by Gasteiger charge is -2.11. The second-order valence-corrected chi connectivity index (χ2v) is 5.50. The minimum Gasteiger partial charge on any atom is -0.469 e. The van der Waals surface area contributed by atoms with Crippen molar-refractivity contribution in [1.29, 1.82) is 0 Å². The van der Waals surface area contributed by atoms with Crippen molar-refractivity contribution in [3.8, 4) is 0 Å². The predicted octanol–water partition coefficient (Wildman–Crippen LogP) is 2.07. The molecule has 3 aromatic rings. The topological polar surface area (TPSA) is 100 Å². The highest BCUT2D eigenvalue weighted by Gasteiger charge is 2.16. The van der Waals surface area contributed by atoms with Gasteiger partial charge in [-0.1, -0.05) is 12.1 Å². The Balaban J connectivity index is 1.56. The number of aryl methyl sites for hydroxylation is 1. The number of nitrogens with one attached hydrogen (secondary N) is 3. The molecule has 2 heterocycles. The van der Waals surface area contributed by atoms with Gasteiger partial charge in [0.05, 0.1) is 35.4 Å². The van der Waals surface area contributed by atoms with Gasteiger partial charge in [0.25, 0.3) is 5.91 Å².